The smallest absolute Gasteiger partial charge is 0.321 e. The topological polar surface area (TPSA) is 82.2 Å². The number of carbonyl (C=O) groups is 1. The van der Waals surface area contributed by atoms with E-state index in [4.69, 9.17) is 4.74 Å². The van der Waals surface area contributed by atoms with Crippen molar-refractivity contribution >= 4 is 27.4 Å². The summed E-state index contributed by atoms with van der Waals surface area (Å²) in [5.74, 6) is 0.784. The van der Waals surface area contributed by atoms with Crippen LogP contribution in [0.5, 0.6) is 5.75 Å². The van der Waals surface area contributed by atoms with E-state index in [9.17, 15) is 13.2 Å². The van der Waals surface area contributed by atoms with Crippen LogP contribution in [0.4, 0.5) is 16.2 Å². The molecule has 0 aliphatic carbocycles. The van der Waals surface area contributed by atoms with Gasteiger partial charge in [0.05, 0.1) is 12.0 Å². The van der Waals surface area contributed by atoms with Crippen LogP contribution in [0.2, 0.25) is 0 Å². The molecule has 0 saturated carbocycles. The number of rotatable bonds is 4. The van der Waals surface area contributed by atoms with E-state index in [1.54, 1.807) is 37.3 Å². The lowest BCUT2D eigenvalue weighted by atomic mass is 10.2. The summed E-state index contributed by atoms with van der Waals surface area (Å²) < 4.78 is 33.2. The van der Waals surface area contributed by atoms with Gasteiger partial charge < -0.3 is 15.0 Å². The third-order valence-electron chi connectivity index (χ3n) is 5.70. The highest BCUT2D eigenvalue weighted by molar-refractivity contribution is 7.89. The first-order valence-corrected chi connectivity index (χ1v) is 11.4. The van der Waals surface area contributed by atoms with Gasteiger partial charge in [0.15, 0.2) is 0 Å². The maximum Gasteiger partial charge on any atom is 0.321 e. The van der Waals surface area contributed by atoms with Crippen LogP contribution < -0.4 is 19.9 Å². The van der Waals surface area contributed by atoms with Crippen molar-refractivity contribution in [1.82, 2.24) is 9.62 Å². The zero-order valence-corrected chi connectivity index (χ0v) is 18.0. The van der Waals surface area contributed by atoms with Gasteiger partial charge in [-0.15, -0.1) is 0 Å². The molecule has 30 heavy (non-hydrogen) atoms. The Morgan fingerprint density at radius 2 is 1.80 bits per heavy atom. The molecule has 1 fully saturated rings. The Bertz CT molecular complexity index is 1050. The van der Waals surface area contributed by atoms with Crippen molar-refractivity contribution in [1.29, 1.82) is 0 Å². The van der Waals surface area contributed by atoms with Crippen LogP contribution in [0.25, 0.3) is 0 Å². The predicted octanol–water partition coefficient (Wildman–Crippen LogP) is 1.91. The van der Waals surface area contributed by atoms with Gasteiger partial charge in [0.25, 0.3) is 0 Å². The number of piperazine rings is 1. The summed E-state index contributed by atoms with van der Waals surface area (Å²) in [5, 5.41) is 2.62. The van der Waals surface area contributed by atoms with Gasteiger partial charge in [-0.3, -0.25) is 4.90 Å². The van der Waals surface area contributed by atoms with Crippen molar-refractivity contribution in [3.63, 3.8) is 0 Å². The second kappa shape index (κ2) is 8.16. The van der Waals surface area contributed by atoms with Crippen molar-refractivity contribution in [3.05, 3.63) is 48.0 Å². The molecule has 0 aromatic heterocycles. The lowest BCUT2D eigenvalue weighted by Gasteiger charge is -2.35. The summed E-state index contributed by atoms with van der Waals surface area (Å²) in [7, 11) is -0.362. The van der Waals surface area contributed by atoms with Crippen LogP contribution in [-0.4, -0.2) is 65.6 Å². The minimum absolute atomic E-state index is 0.182. The molecule has 2 aromatic rings. The molecule has 4 rings (SSSR count). The number of urea groups is 1. The highest BCUT2D eigenvalue weighted by Crippen LogP contribution is 2.31. The number of benzene rings is 2. The molecule has 2 aromatic carbocycles. The molecule has 2 aliphatic heterocycles. The van der Waals surface area contributed by atoms with Crippen molar-refractivity contribution in [3.8, 4) is 5.75 Å². The van der Waals surface area contributed by atoms with Crippen molar-refractivity contribution in [2.45, 2.75) is 11.3 Å². The molecular formula is C21H26N4O4S. The Balaban J connectivity index is 1.48. The second-order valence-electron chi connectivity index (χ2n) is 7.34. The predicted molar refractivity (Wildman–Crippen MR) is 116 cm³/mol. The van der Waals surface area contributed by atoms with Crippen LogP contribution in [0, 0.1) is 0 Å². The average molecular weight is 431 g/mol. The van der Waals surface area contributed by atoms with E-state index in [0.29, 0.717) is 39.1 Å². The molecule has 9 heteroatoms. The van der Waals surface area contributed by atoms with E-state index < -0.39 is 10.0 Å². The lowest BCUT2D eigenvalue weighted by Crippen LogP contribution is -2.48. The van der Waals surface area contributed by atoms with E-state index in [2.05, 4.69) is 10.2 Å². The van der Waals surface area contributed by atoms with Gasteiger partial charge in [-0.05, 0) is 42.3 Å². The Labute approximate surface area is 177 Å². The first-order valence-electron chi connectivity index (χ1n) is 9.95. The monoisotopic (exact) mass is 430 g/mol. The molecule has 2 aliphatic rings. The normalized spacial score (nSPS) is 17.0. The minimum atomic E-state index is -3.58. The summed E-state index contributed by atoms with van der Waals surface area (Å²) in [5.41, 5.74) is 2.68. The molecule has 0 bridgehead atoms. The SMILES string of the molecule is CNC(=O)N1CCc2cc(S(=O)(=O)N3CCN(c4cccc(OC)c4)CC3)ccc21. The summed E-state index contributed by atoms with van der Waals surface area (Å²) in [6, 6.07) is 12.7. The molecular weight excluding hydrogens is 404 g/mol. The van der Waals surface area contributed by atoms with E-state index >= 15 is 0 Å². The first-order chi connectivity index (χ1) is 14.4. The zero-order valence-electron chi connectivity index (χ0n) is 17.2. The number of methoxy groups -OCH3 is 1. The van der Waals surface area contributed by atoms with Gasteiger partial charge in [-0.2, -0.15) is 4.31 Å². The molecule has 1 N–H and O–H groups in total. The maximum absolute atomic E-state index is 13.2. The summed E-state index contributed by atoms with van der Waals surface area (Å²) in [4.78, 5) is 16.1. The minimum Gasteiger partial charge on any atom is -0.497 e. The molecule has 2 amide bonds. The third kappa shape index (κ3) is 3.70. The molecule has 0 radical (unpaired) electrons. The quantitative estimate of drug-likeness (QED) is 0.801. The standard InChI is InChI=1S/C21H26N4O4S/c1-22-21(26)25-9-8-16-14-19(6-7-20(16)25)30(27,28)24-12-10-23(11-13-24)17-4-3-5-18(15-17)29-2/h3-7,14-15H,8-13H2,1-2H3,(H,22,26). The van der Waals surface area contributed by atoms with Gasteiger partial charge in [0.2, 0.25) is 10.0 Å². The molecule has 2 heterocycles. The van der Waals surface area contributed by atoms with Crippen molar-refractivity contribution in [2.24, 2.45) is 0 Å². The van der Waals surface area contributed by atoms with Crippen LogP contribution in [-0.2, 0) is 16.4 Å². The largest absolute Gasteiger partial charge is 0.497 e. The van der Waals surface area contributed by atoms with Crippen molar-refractivity contribution in [2.75, 3.05) is 56.7 Å². The highest BCUT2D eigenvalue weighted by atomic mass is 32.2. The number of carbonyl (C=O) groups excluding carboxylic acids is 1. The number of hydrogen-bond acceptors (Lipinski definition) is 5. The van der Waals surface area contributed by atoms with Gasteiger partial charge in [0.1, 0.15) is 5.75 Å². The number of nitrogens with one attached hydrogen (secondary N) is 1. The molecule has 1 saturated heterocycles. The molecule has 0 atom stereocenters. The fourth-order valence-corrected chi connectivity index (χ4v) is 5.50. The second-order valence-corrected chi connectivity index (χ2v) is 9.28. The average Bonchev–Trinajstić information content (AvgIpc) is 3.22. The highest BCUT2D eigenvalue weighted by Gasteiger charge is 2.31. The molecule has 0 unspecified atom stereocenters. The van der Waals surface area contributed by atoms with Crippen LogP contribution in [0.15, 0.2) is 47.4 Å². The number of sulfonamides is 1. The van der Waals surface area contributed by atoms with Crippen LogP contribution in [0.1, 0.15) is 5.56 Å². The number of nitrogens with zero attached hydrogens (tertiary/aromatic N) is 3. The van der Waals surface area contributed by atoms with E-state index in [0.717, 1.165) is 22.7 Å². The van der Waals surface area contributed by atoms with Crippen molar-refractivity contribution < 1.29 is 17.9 Å². The van der Waals surface area contributed by atoms with E-state index in [1.165, 1.54) is 4.31 Å². The fraction of sp³-hybridized carbons (Fsp3) is 0.381. The van der Waals surface area contributed by atoms with Gasteiger partial charge in [0, 0.05) is 57.2 Å². The number of ether oxygens (including phenoxy) is 1. The lowest BCUT2D eigenvalue weighted by molar-refractivity contribution is 0.248. The zero-order chi connectivity index (χ0) is 21.3. The Morgan fingerprint density at radius 1 is 1.03 bits per heavy atom. The molecule has 8 nitrogen and oxygen atoms in total. The summed E-state index contributed by atoms with van der Waals surface area (Å²) >= 11 is 0. The Hall–Kier alpha value is -2.78. The van der Waals surface area contributed by atoms with Crippen LogP contribution in [0.3, 0.4) is 0 Å². The number of fused-ring (bicyclic) bond motifs is 1. The molecule has 0 spiro atoms. The number of anilines is 2. The summed E-state index contributed by atoms with van der Waals surface area (Å²) in [6.45, 7) is 2.61. The van der Waals surface area contributed by atoms with E-state index in [-0.39, 0.29) is 10.9 Å². The van der Waals surface area contributed by atoms with E-state index in [1.807, 2.05) is 24.3 Å². The first kappa shape index (κ1) is 20.5. The number of amides is 2. The van der Waals surface area contributed by atoms with Gasteiger partial charge in [-0.1, -0.05) is 6.07 Å². The Morgan fingerprint density at radius 3 is 2.50 bits per heavy atom. The molecule has 160 valence electrons. The maximum atomic E-state index is 13.2. The number of hydrogen-bond donors (Lipinski definition) is 1. The van der Waals surface area contributed by atoms with Crippen LogP contribution >= 0.6 is 0 Å². The van der Waals surface area contributed by atoms with Gasteiger partial charge in [-0.25, -0.2) is 13.2 Å². The summed E-state index contributed by atoms with van der Waals surface area (Å²) in [6.07, 6.45) is 0.649. The third-order valence-corrected chi connectivity index (χ3v) is 7.60. The fourth-order valence-electron chi connectivity index (χ4n) is 4.03. The van der Waals surface area contributed by atoms with Gasteiger partial charge >= 0.3 is 6.03 Å². The Kier molecular flexibility index (Phi) is 5.57.